The van der Waals surface area contributed by atoms with Crippen LogP contribution in [0, 0.1) is 0 Å². The Morgan fingerprint density at radius 1 is 1.04 bits per heavy atom. The van der Waals surface area contributed by atoms with Gasteiger partial charge in [-0.3, -0.25) is 4.79 Å². The minimum Gasteiger partial charge on any atom is -0.504 e. The monoisotopic (exact) mass is 311 g/mol. The highest BCUT2D eigenvalue weighted by Crippen LogP contribution is 2.35. The Bertz CT molecular complexity index is 788. The second-order valence-corrected chi connectivity index (χ2v) is 5.77. The SMILES string of the molecule is C=C1Cc2cc(CC(=O)Cc3cc(O)c(O)c(O)c3)ccc2N1. The van der Waals surface area contributed by atoms with Crippen LogP contribution in [0.2, 0.25) is 0 Å². The molecule has 0 aromatic heterocycles. The van der Waals surface area contributed by atoms with E-state index < -0.39 is 17.2 Å². The van der Waals surface area contributed by atoms with E-state index >= 15 is 0 Å². The molecule has 0 aliphatic carbocycles. The van der Waals surface area contributed by atoms with Crippen molar-refractivity contribution in [1.29, 1.82) is 0 Å². The number of Topliss-reactive ketones (excluding diaryl/α,β-unsaturated/α-hetero) is 1. The topological polar surface area (TPSA) is 89.8 Å². The Morgan fingerprint density at radius 3 is 2.39 bits per heavy atom. The Kier molecular flexibility index (Phi) is 3.70. The number of phenolic OH excluding ortho intramolecular Hbond substituents is 3. The van der Waals surface area contributed by atoms with Crippen LogP contribution in [0.5, 0.6) is 17.2 Å². The average Bonchev–Trinajstić information content (AvgIpc) is 2.83. The van der Waals surface area contributed by atoms with Gasteiger partial charge in [-0.1, -0.05) is 18.7 Å². The Balaban J connectivity index is 1.71. The van der Waals surface area contributed by atoms with Gasteiger partial charge in [0.15, 0.2) is 17.2 Å². The molecule has 1 aliphatic rings. The van der Waals surface area contributed by atoms with Crippen molar-refractivity contribution >= 4 is 11.5 Å². The van der Waals surface area contributed by atoms with E-state index in [4.69, 9.17) is 0 Å². The Labute approximate surface area is 133 Å². The molecule has 0 fully saturated rings. The van der Waals surface area contributed by atoms with E-state index in [-0.39, 0.29) is 18.6 Å². The molecular weight excluding hydrogens is 294 g/mol. The van der Waals surface area contributed by atoms with Crippen molar-refractivity contribution < 1.29 is 20.1 Å². The predicted octanol–water partition coefficient (Wildman–Crippen LogP) is 2.64. The average molecular weight is 311 g/mol. The molecule has 2 aromatic carbocycles. The third kappa shape index (κ3) is 3.13. The fourth-order valence-corrected chi connectivity index (χ4v) is 2.77. The summed E-state index contributed by atoms with van der Waals surface area (Å²) < 4.78 is 0. The summed E-state index contributed by atoms with van der Waals surface area (Å²) in [6, 6.07) is 8.39. The molecule has 0 bridgehead atoms. The summed E-state index contributed by atoms with van der Waals surface area (Å²) in [4.78, 5) is 12.2. The molecule has 0 saturated carbocycles. The second kappa shape index (κ2) is 5.68. The summed E-state index contributed by atoms with van der Waals surface area (Å²) in [6.45, 7) is 3.89. The maximum Gasteiger partial charge on any atom is 0.200 e. The molecule has 5 nitrogen and oxygen atoms in total. The summed E-state index contributed by atoms with van der Waals surface area (Å²) in [5, 5.41) is 31.4. The molecule has 0 unspecified atom stereocenters. The standard InChI is InChI=1S/C18H17NO4/c1-10-4-13-5-11(2-3-15(13)19-10)6-14(20)7-12-8-16(21)18(23)17(22)9-12/h2-3,5,8-9,19,21-23H,1,4,6-7H2. The number of fused-ring (bicyclic) bond motifs is 1. The zero-order chi connectivity index (χ0) is 16.6. The molecule has 0 atom stereocenters. The quantitative estimate of drug-likeness (QED) is 0.652. The number of nitrogens with one attached hydrogen (secondary N) is 1. The molecule has 0 saturated heterocycles. The fraction of sp³-hybridized carbons (Fsp3) is 0.167. The lowest BCUT2D eigenvalue weighted by atomic mass is 10.00. The van der Waals surface area contributed by atoms with Crippen molar-refractivity contribution in [3.05, 3.63) is 59.3 Å². The second-order valence-electron chi connectivity index (χ2n) is 5.77. The van der Waals surface area contributed by atoms with E-state index in [1.54, 1.807) is 0 Å². The summed E-state index contributed by atoms with van der Waals surface area (Å²) in [5.74, 6) is -1.49. The number of rotatable bonds is 4. The first kappa shape index (κ1) is 15.0. The van der Waals surface area contributed by atoms with Gasteiger partial charge in [-0.15, -0.1) is 0 Å². The lowest BCUT2D eigenvalue weighted by molar-refractivity contribution is -0.117. The number of hydrogen-bond donors (Lipinski definition) is 4. The van der Waals surface area contributed by atoms with Crippen molar-refractivity contribution in [3.8, 4) is 17.2 Å². The number of benzene rings is 2. The van der Waals surface area contributed by atoms with Crippen molar-refractivity contribution in [2.75, 3.05) is 5.32 Å². The number of aromatic hydroxyl groups is 3. The molecule has 118 valence electrons. The van der Waals surface area contributed by atoms with E-state index in [2.05, 4.69) is 11.9 Å². The number of anilines is 1. The Morgan fingerprint density at radius 2 is 1.70 bits per heavy atom. The first-order valence-electron chi connectivity index (χ1n) is 7.24. The van der Waals surface area contributed by atoms with Crippen molar-refractivity contribution in [2.45, 2.75) is 19.3 Å². The van der Waals surface area contributed by atoms with Crippen molar-refractivity contribution in [1.82, 2.24) is 0 Å². The number of carbonyl (C=O) groups excluding carboxylic acids is 1. The lowest BCUT2D eigenvalue weighted by Gasteiger charge is -2.07. The van der Waals surface area contributed by atoms with Crippen LogP contribution in [0.3, 0.4) is 0 Å². The van der Waals surface area contributed by atoms with Gasteiger partial charge in [-0.05, 0) is 34.9 Å². The normalized spacial score (nSPS) is 12.8. The number of phenols is 3. The van der Waals surface area contributed by atoms with Crippen LogP contribution in [0.25, 0.3) is 0 Å². The largest absolute Gasteiger partial charge is 0.504 e. The van der Waals surface area contributed by atoms with Crippen LogP contribution < -0.4 is 5.32 Å². The van der Waals surface area contributed by atoms with E-state index in [9.17, 15) is 20.1 Å². The van der Waals surface area contributed by atoms with Crippen LogP contribution >= 0.6 is 0 Å². The maximum absolute atomic E-state index is 12.2. The highest BCUT2D eigenvalue weighted by molar-refractivity contribution is 5.83. The van der Waals surface area contributed by atoms with Gasteiger partial charge in [0.2, 0.25) is 0 Å². The molecular formula is C18H17NO4. The van der Waals surface area contributed by atoms with E-state index in [1.165, 1.54) is 12.1 Å². The summed E-state index contributed by atoms with van der Waals surface area (Å²) in [7, 11) is 0. The zero-order valence-electron chi connectivity index (χ0n) is 12.5. The predicted molar refractivity (Wildman–Crippen MR) is 86.8 cm³/mol. The minimum absolute atomic E-state index is 0.0424. The van der Waals surface area contributed by atoms with E-state index in [0.717, 1.165) is 28.9 Å². The van der Waals surface area contributed by atoms with Crippen LogP contribution in [0.1, 0.15) is 16.7 Å². The molecule has 0 amide bonds. The van der Waals surface area contributed by atoms with Gasteiger partial charge >= 0.3 is 0 Å². The molecule has 1 aliphatic heterocycles. The highest BCUT2D eigenvalue weighted by atomic mass is 16.3. The molecule has 0 radical (unpaired) electrons. The maximum atomic E-state index is 12.2. The van der Waals surface area contributed by atoms with Gasteiger partial charge in [0.05, 0.1) is 0 Å². The van der Waals surface area contributed by atoms with Crippen molar-refractivity contribution in [3.63, 3.8) is 0 Å². The number of allylic oxidation sites excluding steroid dienone is 1. The first-order valence-corrected chi connectivity index (χ1v) is 7.24. The lowest BCUT2D eigenvalue weighted by Crippen LogP contribution is -2.06. The molecule has 1 heterocycles. The van der Waals surface area contributed by atoms with Gasteiger partial charge in [0.25, 0.3) is 0 Å². The summed E-state index contributed by atoms with van der Waals surface area (Å²) >= 11 is 0. The summed E-state index contributed by atoms with van der Waals surface area (Å²) in [6.07, 6.45) is 1.10. The number of ketones is 1. The third-order valence-corrected chi connectivity index (χ3v) is 3.82. The van der Waals surface area contributed by atoms with Gasteiger partial charge < -0.3 is 20.6 Å². The zero-order valence-corrected chi connectivity index (χ0v) is 12.5. The highest BCUT2D eigenvalue weighted by Gasteiger charge is 2.15. The third-order valence-electron chi connectivity index (χ3n) is 3.82. The van der Waals surface area contributed by atoms with Crippen LogP contribution in [0.15, 0.2) is 42.6 Å². The van der Waals surface area contributed by atoms with Crippen molar-refractivity contribution in [2.24, 2.45) is 0 Å². The molecule has 2 aromatic rings. The van der Waals surface area contributed by atoms with E-state index in [0.29, 0.717) is 5.56 Å². The fourth-order valence-electron chi connectivity index (χ4n) is 2.77. The van der Waals surface area contributed by atoms with Crippen LogP contribution in [0.4, 0.5) is 5.69 Å². The molecule has 4 N–H and O–H groups in total. The smallest absolute Gasteiger partial charge is 0.200 e. The van der Waals surface area contributed by atoms with Crippen LogP contribution in [-0.2, 0) is 24.1 Å². The first-order chi connectivity index (χ1) is 10.9. The van der Waals surface area contributed by atoms with Gasteiger partial charge in [0.1, 0.15) is 5.78 Å². The minimum atomic E-state index is -0.576. The molecule has 23 heavy (non-hydrogen) atoms. The van der Waals surface area contributed by atoms with Crippen LogP contribution in [-0.4, -0.2) is 21.1 Å². The van der Waals surface area contributed by atoms with Gasteiger partial charge in [0, 0.05) is 30.6 Å². The molecule has 3 rings (SSSR count). The molecule has 5 heteroatoms. The number of carbonyl (C=O) groups is 1. The summed E-state index contributed by atoms with van der Waals surface area (Å²) in [5.41, 5.74) is 4.47. The Hall–Kier alpha value is -2.95. The molecule has 0 spiro atoms. The van der Waals surface area contributed by atoms with Gasteiger partial charge in [-0.2, -0.15) is 0 Å². The van der Waals surface area contributed by atoms with Gasteiger partial charge in [-0.25, -0.2) is 0 Å². The number of hydrogen-bond acceptors (Lipinski definition) is 5. The van der Waals surface area contributed by atoms with E-state index in [1.807, 2.05) is 18.2 Å².